The molecule has 0 radical (unpaired) electrons. The molecule has 0 atom stereocenters. The van der Waals surface area contributed by atoms with Crippen LogP contribution in [0.4, 0.5) is 16.2 Å². The van der Waals surface area contributed by atoms with Gasteiger partial charge < -0.3 is 25.3 Å². The Morgan fingerprint density at radius 3 is 2.19 bits per heavy atom. The molecule has 4 amide bonds. The van der Waals surface area contributed by atoms with E-state index in [9.17, 15) is 14.4 Å². The number of hydrogen-bond donors (Lipinski definition) is 2. The molecule has 1 spiro atoms. The number of nitrogens with zero attached hydrogens (tertiary/aromatic N) is 3. The number of amides is 4. The van der Waals surface area contributed by atoms with Crippen LogP contribution in [0.1, 0.15) is 46.1 Å². The summed E-state index contributed by atoms with van der Waals surface area (Å²) < 4.78 is 0. The average molecular weight is 492 g/mol. The van der Waals surface area contributed by atoms with Crippen LogP contribution >= 0.6 is 0 Å². The zero-order valence-corrected chi connectivity index (χ0v) is 21.7. The molecule has 8 nitrogen and oxygen atoms in total. The number of urea groups is 1. The fourth-order valence-electron chi connectivity index (χ4n) is 5.00. The third-order valence-corrected chi connectivity index (χ3v) is 6.92. The maximum atomic E-state index is 13.8. The molecular weight excluding hydrogens is 454 g/mol. The summed E-state index contributed by atoms with van der Waals surface area (Å²) in [4.78, 5) is 44.9. The van der Waals surface area contributed by atoms with Gasteiger partial charge in [0.1, 0.15) is 12.1 Å². The lowest BCUT2D eigenvalue weighted by molar-refractivity contribution is -0.136. The predicted octanol–water partition coefficient (Wildman–Crippen LogP) is 3.84. The van der Waals surface area contributed by atoms with Crippen molar-refractivity contribution >= 4 is 29.2 Å². The Morgan fingerprint density at radius 1 is 0.972 bits per heavy atom. The van der Waals surface area contributed by atoms with Crippen LogP contribution in [0.2, 0.25) is 0 Å². The van der Waals surface area contributed by atoms with Gasteiger partial charge in [-0.2, -0.15) is 0 Å². The van der Waals surface area contributed by atoms with E-state index >= 15 is 0 Å². The molecule has 2 N–H and O–H groups in total. The Morgan fingerprint density at radius 2 is 1.61 bits per heavy atom. The van der Waals surface area contributed by atoms with Crippen LogP contribution in [0, 0.1) is 0 Å². The molecule has 2 fully saturated rings. The molecule has 0 unspecified atom stereocenters. The number of anilines is 2. The van der Waals surface area contributed by atoms with Crippen LogP contribution in [-0.2, 0) is 16.0 Å². The lowest BCUT2D eigenvalue weighted by Gasteiger charge is -2.43. The van der Waals surface area contributed by atoms with Crippen molar-refractivity contribution in [3.05, 3.63) is 60.2 Å². The van der Waals surface area contributed by atoms with Crippen molar-refractivity contribution in [2.24, 2.45) is 0 Å². The van der Waals surface area contributed by atoms with Gasteiger partial charge in [0.2, 0.25) is 5.91 Å². The Kier molecular flexibility index (Phi) is 7.24. The third-order valence-electron chi connectivity index (χ3n) is 6.92. The number of para-hydroxylation sites is 1. The maximum Gasteiger partial charge on any atom is 0.317 e. The van der Waals surface area contributed by atoms with Crippen molar-refractivity contribution in [2.75, 3.05) is 36.5 Å². The highest BCUT2D eigenvalue weighted by atomic mass is 16.2. The molecule has 8 heteroatoms. The van der Waals surface area contributed by atoms with Crippen molar-refractivity contribution in [3.8, 4) is 0 Å². The quantitative estimate of drug-likeness (QED) is 0.666. The molecule has 0 bridgehead atoms. The number of nitrogens with one attached hydrogen (secondary N) is 2. The van der Waals surface area contributed by atoms with Crippen molar-refractivity contribution in [1.82, 2.24) is 15.1 Å². The largest absolute Gasteiger partial charge is 0.339 e. The van der Waals surface area contributed by atoms with E-state index in [1.165, 1.54) is 5.56 Å². The molecule has 2 saturated heterocycles. The Bertz CT molecular complexity index is 1090. The number of carbonyl (C=O) groups is 3. The minimum atomic E-state index is -0.775. The van der Waals surface area contributed by atoms with Gasteiger partial charge in [-0.15, -0.1) is 0 Å². The van der Waals surface area contributed by atoms with E-state index in [2.05, 4.69) is 22.5 Å². The number of likely N-dealkylation sites (tertiary alicyclic amines) is 1. The lowest BCUT2D eigenvalue weighted by Crippen LogP contribution is -2.59. The molecule has 0 aromatic heterocycles. The summed E-state index contributed by atoms with van der Waals surface area (Å²) in [6, 6.07) is 17.5. The van der Waals surface area contributed by atoms with Gasteiger partial charge in [0.25, 0.3) is 5.91 Å². The molecule has 2 aromatic rings. The van der Waals surface area contributed by atoms with Crippen molar-refractivity contribution in [2.45, 2.75) is 58.0 Å². The first-order valence-electron chi connectivity index (χ1n) is 12.7. The van der Waals surface area contributed by atoms with E-state index in [0.29, 0.717) is 32.6 Å². The molecule has 36 heavy (non-hydrogen) atoms. The first kappa shape index (κ1) is 25.5. The van der Waals surface area contributed by atoms with Crippen LogP contribution in [0.3, 0.4) is 0 Å². The molecule has 2 aromatic carbocycles. The van der Waals surface area contributed by atoms with Crippen LogP contribution in [0.5, 0.6) is 0 Å². The second-order valence-corrected chi connectivity index (χ2v) is 10.7. The predicted molar refractivity (Wildman–Crippen MR) is 142 cm³/mol. The Hall–Kier alpha value is -3.55. The van der Waals surface area contributed by atoms with Crippen molar-refractivity contribution in [3.63, 3.8) is 0 Å². The smallest absolute Gasteiger partial charge is 0.317 e. The van der Waals surface area contributed by atoms with E-state index in [1.807, 2.05) is 75.4 Å². The van der Waals surface area contributed by atoms with Gasteiger partial charge in [0.05, 0.1) is 6.67 Å². The van der Waals surface area contributed by atoms with Gasteiger partial charge in [-0.25, -0.2) is 4.79 Å². The van der Waals surface area contributed by atoms with E-state index < -0.39 is 5.54 Å². The van der Waals surface area contributed by atoms with Gasteiger partial charge in [-0.1, -0.05) is 37.3 Å². The summed E-state index contributed by atoms with van der Waals surface area (Å²) in [6.45, 7) is 9.20. The summed E-state index contributed by atoms with van der Waals surface area (Å²) >= 11 is 0. The lowest BCUT2D eigenvalue weighted by atomic mass is 9.85. The minimum absolute atomic E-state index is 0.0202. The number of benzene rings is 2. The summed E-state index contributed by atoms with van der Waals surface area (Å²) in [5.41, 5.74) is 1.76. The van der Waals surface area contributed by atoms with Crippen LogP contribution in [0.25, 0.3) is 0 Å². The highest BCUT2D eigenvalue weighted by Gasteiger charge is 2.54. The first-order valence-corrected chi connectivity index (χ1v) is 12.7. The summed E-state index contributed by atoms with van der Waals surface area (Å²) in [6.07, 6.45) is 1.95. The van der Waals surface area contributed by atoms with Gasteiger partial charge >= 0.3 is 6.03 Å². The number of rotatable bonds is 5. The topological polar surface area (TPSA) is 85.0 Å². The van der Waals surface area contributed by atoms with Gasteiger partial charge in [-0.05, 0) is 69.9 Å². The Labute approximate surface area is 213 Å². The number of aryl methyl sites for hydroxylation is 1. The standard InChI is InChI=1S/C28H37N5O3/c1-5-21-11-13-22(14-12-21)29-24(34)19-32-20-33(23-9-7-6-8-10-23)28(25(32)35)15-17-31(18-16-28)26(36)30-27(2,3)4/h6-14H,5,15-20H2,1-4H3,(H,29,34)(H,30,36). The maximum absolute atomic E-state index is 13.8. The molecule has 0 aliphatic carbocycles. The third kappa shape index (κ3) is 5.48. The minimum Gasteiger partial charge on any atom is -0.339 e. The first-order chi connectivity index (χ1) is 17.1. The molecule has 2 aliphatic heterocycles. The second-order valence-electron chi connectivity index (χ2n) is 10.7. The second kappa shape index (κ2) is 10.2. The molecular formula is C28H37N5O3. The van der Waals surface area contributed by atoms with Gasteiger partial charge in [0.15, 0.2) is 0 Å². The molecule has 0 saturated carbocycles. The Balaban J connectivity index is 1.49. The zero-order valence-electron chi connectivity index (χ0n) is 21.7. The van der Waals surface area contributed by atoms with Crippen molar-refractivity contribution in [1.29, 1.82) is 0 Å². The molecule has 2 heterocycles. The van der Waals surface area contributed by atoms with Crippen molar-refractivity contribution < 1.29 is 14.4 Å². The van der Waals surface area contributed by atoms with Gasteiger partial charge in [-0.3, -0.25) is 9.59 Å². The zero-order chi connectivity index (χ0) is 25.9. The van der Waals surface area contributed by atoms with Crippen LogP contribution in [-0.4, -0.2) is 65.0 Å². The summed E-state index contributed by atoms with van der Waals surface area (Å²) in [5.74, 6) is -0.279. The fraction of sp³-hybridized carbons (Fsp3) is 0.464. The monoisotopic (exact) mass is 491 g/mol. The van der Waals surface area contributed by atoms with E-state index in [0.717, 1.165) is 17.8 Å². The number of hydrogen-bond acceptors (Lipinski definition) is 4. The SMILES string of the molecule is CCc1ccc(NC(=O)CN2CN(c3ccccc3)C3(CCN(C(=O)NC(C)(C)C)CC3)C2=O)cc1. The summed E-state index contributed by atoms with van der Waals surface area (Å²) in [5, 5.41) is 5.93. The number of carbonyl (C=O) groups excluding carboxylic acids is 3. The van der Waals surface area contributed by atoms with E-state index in [-0.39, 0.29) is 29.9 Å². The van der Waals surface area contributed by atoms with Gasteiger partial charge in [0, 0.05) is 30.0 Å². The normalized spacial score (nSPS) is 17.4. The highest BCUT2D eigenvalue weighted by Crippen LogP contribution is 2.39. The molecule has 4 rings (SSSR count). The molecule has 2 aliphatic rings. The fourth-order valence-corrected chi connectivity index (χ4v) is 5.00. The average Bonchev–Trinajstić information content (AvgIpc) is 3.10. The molecule has 192 valence electrons. The number of piperidine rings is 1. The summed E-state index contributed by atoms with van der Waals surface area (Å²) in [7, 11) is 0. The van der Waals surface area contributed by atoms with Crippen LogP contribution < -0.4 is 15.5 Å². The van der Waals surface area contributed by atoms with E-state index in [1.54, 1.807) is 9.80 Å². The highest BCUT2D eigenvalue weighted by molar-refractivity contribution is 5.99. The van der Waals surface area contributed by atoms with E-state index in [4.69, 9.17) is 0 Å². The van der Waals surface area contributed by atoms with Crippen LogP contribution in [0.15, 0.2) is 54.6 Å².